The molecule has 0 radical (unpaired) electrons. The van der Waals surface area contributed by atoms with E-state index in [4.69, 9.17) is 0 Å². The summed E-state index contributed by atoms with van der Waals surface area (Å²) in [6.07, 6.45) is 0. The molecule has 0 saturated carbocycles. The molecule has 0 fully saturated rings. The first-order chi connectivity index (χ1) is 17.7. The number of rotatable bonds is 9. The Morgan fingerprint density at radius 2 is 1.08 bits per heavy atom. The first kappa shape index (κ1) is 26.9. The molecule has 37 heavy (non-hydrogen) atoms. The molecule has 0 bridgehead atoms. The van der Waals surface area contributed by atoms with Gasteiger partial charge in [-0.2, -0.15) is 0 Å². The topological polar surface area (TPSA) is 71.5 Å². The number of nitrogens with zero attached hydrogens (tertiary/aromatic N) is 1. The van der Waals surface area contributed by atoms with E-state index in [1.54, 1.807) is 53.5 Å². The van der Waals surface area contributed by atoms with Gasteiger partial charge in [-0.15, -0.1) is 0 Å². The molecule has 190 valence electrons. The van der Waals surface area contributed by atoms with Gasteiger partial charge < -0.3 is 0 Å². The van der Waals surface area contributed by atoms with E-state index in [9.17, 15) is 16.8 Å². The minimum absolute atomic E-state index is 0.0320. The second-order valence-electron chi connectivity index (χ2n) is 8.51. The number of benzene rings is 4. The Morgan fingerprint density at radius 1 is 0.649 bits per heavy atom. The standard InChI is InChI=1S/C29H27NO4S2Se/c1-23(2)27-20-12-13-21-28(27)29(22-37-26-18-10-5-11-19-26)30(35(31,32)24-14-6-3-7-15-24)36(33,34)25-16-8-4-9-17-25/h3-23H,1-2H3/b29-22+. The second kappa shape index (κ2) is 11.5. The van der Waals surface area contributed by atoms with Gasteiger partial charge in [0, 0.05) is 0 Å². The number of sulfonamides is 2. The van der Waals surface area contributed by atoms with E-state index in [0.29, 0.717) is 9.27 Å². The van der Waals surface area contributed by atoms with Gasteiger partial charge in [-0.3, -0.25) is 0 Å². The molecule has 4 rings (SSSR count). The summed E-state index contributed by atoms with van der Waals surface area (Å²) in [5.74, 6) is 0.0320. The Morgan fingerprint density at radius 3 is 1.57 bits per heavy atom. The van der Waals surface area contributed by atoms with Crippen LogP contribution in [0.3, 0.4) is 0 Å². The van der Waals surface area contributed by atoms with Gasteiger partial charge in [0.1, 0.15) is 0 Å². The van der Waals surface area contributed by atoms with Crippen molar-refractivity contribution in [2.75, 3.05) is 0 Å². The molecule has 0 aliphatic carbocycles. The Kier molecular flexibility index (Phi) is 8.35. The predicted octanol–water partition coefficient (Wildman–Crippen LogP) is 5.22. The zero-order chi connectivity index (χ0) is 26.5. The fourth-order valence-electron chi connectivity index (χ4n) is 3.83. The second-order valence-corrected chi connectivity index (χ2v) is 14.3. The molecule has 0 saturated heterocycles. The Balaban J connectivity index is 2.04. The molecule has 0 aliphatic heterocycles. The van der Waals surface area contributed by atoms with Crippen LogP contribution in [0.5, 0.6) is 0 Å². The quantitative estimate of drug-likeness (QED) is 0.249. The van der Waals surface area contributed by atoms with Gasteiger partial charge in [-0.25, -0.2) is 0 Å². The molecule has 0 spiro atoms. The molecule has 4 aromatic carbocycles. The summed E-state index contributed by atoms with van der Waals surface area (Å²) in [6.45, 7) is 4.00. The molecule has 0 aliphatic rings. The Bertz CT molecular complexity index is 1520. The Labute approximate surface area is 225 Å². The maximum absolute atomic E-state index is 14.2. The molecular weight excluding hydrogens is 569 g/mol. The summed E-state index contributed by atoms with van der Waals surface area (Å²) in [5.41, 5.74) is 1.55. The summed E-state index contributed by atoms with van der Waals surface area (Å²) >= 11 is -0.350. The van der Waals surface area contributed by atoms with E-state index >= 15 is 0 Å². The summed E-state index contributed by atoms with van der Waals surface area (Å²) in [5, 5.41) is 0. The van der Waals surface area contributed by atoms with Crippen LogP contribution in [0, 0.1) is 0 Å². The normalized spacial score (nSPS) is 12.5. The van der Waals surface area contributed by atoms with Crippen molar-refractivity contribution in [3.63, 3.8) is 0 Å². The zero-order valence-corrected chi connectivity index (χ0v) is 23.8. The van der Waals surface area contributed by atoms with Crippen LogP contribution < -0.4 is 4.46 Å². The van der Waals surface area contributed by atoms with Crippen molar-refractivity contribution in [3.8, 4) is 0 Å². The van der Waals surface area contributed by atoms with Crippen LogP contribution in [-0.4, -0.2) is 35.5 Å². The fourth-order valence-corrected chi connectivity index (χ4v) is 9.55. The maximum atomic E-state index is 14.2. The third-order valence-electron chi connectivity index (χ3n) is 5.62. The van der Waals surface area contributed by atoms with Gasteiger partial charge in [-0.05, 0) is 0 Å². The number of hydrogen-bond acceptors (Lipinski definition) is 4. The van der Waals surface area contributed by atoms with E-state index in [-0.39, 0.29) is 36.4 Å². The predicted molar refractivity (Wildman–Crippen MR) is 149 cm³/mol. The van der Waals surface area contributed by atoms with Gasteiger partial charge in [0.15, 0.2) is 0 Å². The molecule has 0 atom stereocenters. The summed E-state index contributed by atoms with van der Waals surface area (Å²) < 4.78 is 58.3. The van der Waals surface area contributed by atoms with Gasteiger partial charge in [0.2, 0.25) is 0 Å². The first-order valence-corrected chi connectivity index (χ1v) is 16.4. The number of hydrogen-bond donors (Lipinski definition) is 0. The van der Waals surface area contributed by atoms with Crippen molar-refractivity contribution in [1.82, 2.24) is 3.71 Å². The molecule has 0 heterocycles. The van der Waals surface area contributed by atoms with Crippen LogP contribution in [0.4, 0.5) is 0 Å². The van der Waals surface area contributed by atoms with Crippen LogP contribution in [-0.2, 0) is 20.0 Å². The summed E-state index contributed by atoms with van der Waals surface area (Å²) in [4.78, 5) is 1.55. The molecule has 8 heteroatoms. The van der Waals surface area contributed by atoms with Crippen molar-refractivity contribution in [3.05, 3.63) is 131 Å². The molecule has 0 aromatic heterocycles. The molecule has 0 amide bonds. The average Bonchev–Trinajstić information content (AvgIpc) is 2.92. The summed E-state index contributed by atoms with van der Waals surface area (Å²) in [6, 6.07) is 32.4. The van der Waals surface area contributed by atoms with Gasteiger partial charge in [-0.1, -0.05) is 0 Å². The SMILES string of the molecule is CC(C)c1ccccc1/C(=C\[Se]c1ccccc1)N(S(=O)(=O)c1ccccc1)S(=O)(=O)c1ccccc1. The molecular formula is C29H27NO4S2Se. The van der Waals surface area contributed by atoms with Crippen molar-refractivity contribution in [2.45, 2.75) is 29.6 Å². The van der Waals surface area contributed by atoms with Gasteiger partial charge in [0.05, 0.1) is 0 Å². The monoisotopic (exact) mass is 597 g/mol. The molecule has 0 N–H and O–H groups in total. The van der Waals surface area contributed by atoms with Gasteiger partial charge >= 0.3 is 227 Å². The first-order valence-electron chi connectivity index (χ1n) is 11.6. The Hall–Kier alpha value is -3.16. The minimum atomic E-state index is -4.51. The van der Waals surface area contributed by atoms with Crippen LogP contribution in [0.15, 0.2) is 130 Å². The third kappa shape index (κ3) is 5.89. The van der Waals surface area contributed by atoms with Crippen LogP contribution >= 0.6 is 0 Å². The summed E-state index contributed by atoms with van der Waals surface area (Å²) in [7, 11) is -9.03. The molecule has 0 unspecified atom stereocenters. The van der Waals surface area contributed by atoms with Crippen LogP contribution in [0.25, 0.3) is 5.70 Å². The van der Waals surface area contributed by atoms with Crippen molar-refractivity contribution in [2.24, 2.45) is 0 Å². The van der Waals surface area contributed by atoms with Crippen molar-refractivity contribution in [1.29, 1.82) is 0 Å². The van der Waals surface area contributed by atoms with E-state index < -0.39 is 20.0 Å². The van der Waals surface area contributed by atoms with E-state index in [2.05, 4.69) is 0 Å². The van der Waals surface area contributed by atoms with E-state index in [1.807, 2.05) is 56.3 Å². The average molecular weight is 597 g/mol. The van der Waals surface area contributed by atoms with Crippen molar-refractivity contribution >= 4 is 45.2 Å². The van der Waals surface area contributed by atoms with Crippen LogP contribution in [0.1, 0.15) is 30.9 Å². The van der Waals surface area contributed by atoms with E-state index in [0.717, 1.165) is 10.0 Å². The zero-order valence-electron chi connectivity index (χ0n) is 20.4. The fraction of sp³-hybridized carbons (Fsp3) is 0.103. The molecule has 4 aromatic rings. The molecule has 5 nitrogen and oxygen atoms in total. The van der Waals surface area contributed by atoms with Crippen molar-refractivity contribution < 1.29 is 16.8 Å². The van der Waals surface area contributed by atoms with Gasteiger partial charge in [0.25, 0.3) is 0 Å². The van der Waals surface area contributed by atoms with E-state index in [1.165, 1.54) is 24.3 Å². The third-order valence-corrected chi connectivity index (χ3v) is 11.7. The van der Waals surface area contributed by atoms with Crippen LogP contribution in [0.2, 0.25) is 0 Å².